The quantitative estimate of drug-likeness (QED) is 0.393. The second kappa shape index (κ2) is 8.60. The van der Waals surface area contributed by atoms with Gasteiger partial charge in [0.15, 0.2) is 6.61 Å². The number of hydrogen-bond donors (Lipinski definition) is 1. The van der Waals surface area contributed by atoms with Crippen LogP contribution in [0.1, 0.15) is 23.6 Å². The third kappa shape index (κ3) is 4.82. The lowest BCUT2D eigenvalue weighted by molar-refractivity contribution is -0.123. The van der Waals surface area contributed by atoms with Crippen LogP contribution in [0.3, 0.4) is 0 Å². The fraction of sp³-hybridized carbons (Fsp3) is 0.227. The standard InChI is InChI=1S/C22H22N2O5/c1-13-5-8-19(27-4)18(9-13)15(3)23-24-21(25)12-28-16-6-7-17-14(2)10-22(26)29-20(17)11-16/h5-11H,12H2,1-4H3,(H,24,25)/b23-15-. The predicted octanol–water partition coefficient (Wildman–Crippen LogP) is 3.34. The first kappa shape index (κ1) is 20.1. The summed E-state index contributed by atoms with van der Waals surface area (Å²) in [5, 5.41) is 4.94. The number of aryl methyl sites for hydroxylation is 2. The number of benzene rings is 2. The minimum absolute atomic E-state index is 0.233. The van der Waals surface area contributed by atoms with E-state index in [0.717, 1.165) is 22.1 Å². The summed E-state index contributed by atoms with van der Waals surface area (Å²) >= 11 is 0. The van der Waals surface area contributed by atoms with Gasteiger partial charge in [-0.3, -0.25) is 4.79 Å². The number of fused-ring (bicyclic) bond motifs is 1. The van der Waals surface area contributed by atoms with Gasteiger partial charge in [-0.15, -0.1) is 0 Å². The van der Waals surface area contributed by atoms with Crippen molar-refractivity contribution in [3.63, 3.8) is 0 Å². The molecule has 1 amide bonds. The number of hydrogen-bond acceptors (Lipinski definition) is 6. The summed E-state index contributed by atoms with van der Waals surface area (Å²) in [6.45, 7) is 5.35. The van der Waals surface area contributed by atoms with Crippen molar-refractivity contribution in [2.75, 3.05) is 13.7 Å². The summed E-state index contributed by atoms with van der Waals surface area (Å²) in [7, 11) is 1.58. The summed E-state index contributed by atoms with van der Waals surface area (Å²) in [4.78, 5) is 23.6. The van der Waals surface area contributed by atoms with Gasteiger partial charge < -0.3 is 13.9 Å². The molecule has 0 radical (unpaired) electrons. The molecule has 0 aliphatic carbocycles. The predicted molar refractivity (Wildman–Crippen MR) is 111 cm³/mol. The molecule has 0 aliphatic rings. The number of nitrogens with zero attached hydrogens (tertiary/aromatic N) is 1. The summed E-state index contributed by atoms with van der Waals surface area (Å²) in [5.74, 6) is 0.680. The molecule has 1 N–H and O–H groups in total. The molecule has 0 fully saturated rings. The lowest BCUT2D eigenvalue weighted by atomic mass is 10.1. The van der Waals surface area contributed by atoms with Crippen molar-refractivity contribution in [3.8, 4) is 11.5 Å². The molecule has 0 atom stereocenters. The third-order valence-corrected chi connectivity index (χ3v) is 4.39. The van der Waals surface area contributed by atoms with Crippen molar-refractivity contribution in [1.29, 1.82) is 0 Å². The number of amides is 1. The number of ether oxygens (including phenoxy) is 2. The number of hydrazone groups is 1. The van der Waals surface area contributed by atoms with Gasteiger partial charge in [0, 0.05) is 23.1 Å². The van der Waals surface area contributed by atoms with Crippen LogP contribution < -0.4 is 20.5 Å². The van der Waals surface area contributed by atoms with Crippen molar-refractivity contribution < 1.29 is 18.7 Å². The first-order chi connectivity index (χ1) is 13.9. The molecule has 29 heavy (non-hydrogen) atoms. The molecule has 0 aliphatic heterocycles. The van der Waals surface area contributed by atoms with Gasteiger partial charge in [0.2, 0.25) is 0 Å². The molecule has 150 valence electrons. The Morgan fingerprint density at radius 2 is 1.93 bits per heavy atom. The molecule has 7 heteroatoms. The molecular formula is C22H22N2O5. The SMILES string of the molecule is COc1ccc(C)cc1/C(C)=N\NC(=O)COc1ccc2c(C)cc(=O)oc2c1. The Kier molecular flexibility index (Phi) is 5.97. The van der Waals surface area contributed by atoms with Gasteiger partial charge in [0.05, 0.1) is 12.8 Å². The van der Waals surface area contributed by atoms with Crippen LogP contribution >= 0.6 is 0 Å². The van der Waals surface area contributed by atoms with Crippen LogP contribution in [-0.2, 0) is 4.79 Å². The molecule has 1 heterocycles. The van der Waals surface area contributed by atoms with Gasteiger partial charge in [0.25, 0.3) is 5.91 Å². The highest BCUT2D eigenvalue weighted by Gasteiger charge is 2.09. The van der Waals surface area contributed by atoms with Gasteiger partial charge in [-0.1, -0.05) is 11.6 Å². The highest BCUT2D eigenvalue weighted by molar-refractivity contribution is 6.01. The van der Waals surface area contributed by atoms with E-state index in [0.29, 0.717) is 22.8 Å². The summed E-state index contributed by atoms with van der Waals surface area (Å²) in [6, 6.07) is 12.2. The van der Waals surface area contributed by atoms with E-state index in [1.54, 1.807) is 32.2 Å². The number of carbonyl (C=O) groups is 1. The van der Waals surface area contributed by atoms with Crippen LogP contribution in [0.5, 0.6) is 11.5 Å². The van der Waals surface area contributed by atoms with Gasteiger partial charge in [-0.25, -0.2) is 10.2 Å². The van der Waals surface area contributed by atoms with Crippen molar-refractivity contribution in [1.82, 2.24) is 5.43 Å². The highest BCUT2D eigenvalue weighted by atomic mass is 16.5. The largest absolute Gasteiger partial charge is 0.496 e. The van der Waals surface area contributed by atoms with E-state index in [-0.39, 0.29) is 6.61 Å². The molecule has 0 unspecified atom stereocenters. The molecule has 7 nitrogen and oxygen atoms in total. The van der Waals surface area contributed by atoms with Crippen LogP contribution in [0.2, 0.25) is 0 Å². The summed E-state index contributed by atoms with van der Waals surface area (Å²) in [6.07, 6.45) is 0. The van der Waals surface area contributed by atoms with Crippen LogP contribution in [-0.4, -0.2) is 25.3 Å². The zero-order valence-electron chi connectivity index (χ0n) is 16.7. The van der Waals surface area contributed by atoms with Crippen molar-refractivity contribution >= 4 is 22.6 Å². The highest BCUT2D eigenvalue weighted by Crippen LogP contribution is 2.22. The lowest BCUT2D eigenvalue weighted by Crippen LogP contribution is -2.25. The van der Waals surface area contributed by atoms with Gasteiger partial charge >= 0.3 is 5.63 Å². The minimum atomic E-state index is -0.429. The molecule has 2 aromatic carbocycles. The zero-order valence-corrected chi connectivity index (χ0v) is 16.7. The molecular weight excluding hydrogens is 372 g/mol. The van der Waals surface area contributed by atoms with E-state index < -0.39 is 11.5 Å². The Bertz CT molecular complexity index is 1150. The molecule has 1 aromatic heterocycles. The average Bonchev–Trinajstić information content (AvgIpc) is 2.70. The Morgan fingerprint density at radius 3 is 2.69 bits per heavy atom. The van der Waals surface area contributed by atoms with Gasteiger partial charge in [-0.05, 0) is 50.6 Å². The van der Waals surface area contributed by atoms with E-state index in [2.05, 4.69) is 10.5 Å². The molecule has 0 saturated carbocycles. The maximum atomic E-state index is 12.1. The topological polar surface area (TPSA) is 90.1 Å². The van der Waals surface area contributed by atoms with E-state index in [4.69, 9.17) is 13.9 Å². The van der Waals surface area contributed by atoms with Crippen molar-refractivity contribution in [2.45, 2.75) is 20.8 Å². The van der Waals surface area contributed by atoms with E-state index in [1.807, 2.05) is 32.0 Å². The Labute approximate surface area is 167 Å². The van der Waals surface area contributed by atoms with Crippen molar-refractivity contribution in [3.05, 3.63) is 69.6 Å². The van der Waals surface area contributed by atoms with Crippen molar-refractivity contribution in [2.24, 2.45) is 5.10 Å². The molecule has 3 rings (SSSR count). The number of rotatable bonds is 6. The second-order valence-corrected chi connectivity index (χ2v) is 6.63. The maximum absolute atomic E-state index is 12.1. The third-order valence-electron chi connectivity index (χ3n) is 4.39. The smallest absolute Gasteiger partial charge is 0.336 e. The first-order valence-corrected chi connectivity index (χ1v) is 9.03. The molecule has 0 spiro atoms. The normalized spacial score (nSPS) is 11.4. The minimum Gasteiger partial charge on any atom is -0.496 e. The summed E-state index contributed by atoms with van der Waals surface area (Å²) < 4.78 is 16.0. The Balaban J connectivity index is 1.66. The van der Waals surface area contributed by atoms with Crippen LogP contribution in [0.15, 0.2) is 56.8 Å². The van der Waals surface area contributed by atoms with Gasteiger partial charge in [0.1, 0.15) is 17.1 Å². The van der Waals surface area contributed by atoms with Crippen LogP contribution in [0.4, 0.5) is 0 Å². The molecule has 0 bridgehead atoms. The van der Waals surface area contributed by atoms with E-state index >= 15 is 0 Å². The lowest BCUT2D eigenvalue weighted by Gasteiger charge is -2.10. The number of carbonyl (C=O) groups excluding carboxylic acids is 1. The average molecular weight is 394 g/mol. The second-order valence-electron chi connectivity index (χ2n) is 6.63. The molecule has 3 aromatic rings. The zero-order chi connectivity index (χ0) is 21.0. The first-order valence-electron chi connectivity index (χ1n) is 9.03. The fourth-order valence-corrected chi connectivity index (χ4v) is 2.89. The number of methoxy groups -OCH3 is 1. The van der Waals surface area contributed by atoms with E-state index in [9.17, 15) is 9.59 Å². The van der Waals surface area contributed by atoms with Gasteiger partial charge in [-0.2, -0.15) is 5.10 Å². The molecule has 0 saturated heterocycles. The number of nitrogens with one attached hydrogen (secondary N) is 1. The fourth-order valence-electron chi connectivity index (χ4n) is 2.89. The van der Waals surface area contributed by atoms with Crippen LogP contribution in [0, 0.1) is 13.8 Å². The Morgan fingerprint density at radius 1 is 1.14 bits per heavy atom. The maximum Gasteiger partial charge on any atom is 0.336 e. The summed E-state index contributed by atoms with van der Waals surface area (Å²) in [5.41, 5.74) is 5.74. The van der Waals surface area contributed by atoms with E-state index in [1.165, 1.54) is 6.07 Å². The Hall–Kier alpha value is -3.61. The van der Waals surface area contributed by atoms with Crippen LogP contribution in [0.25, 0.3) is 11.0 Å². The monoisotopic (exact) mass is 394 g/mol.